The molecule has 1 aromatic heterocycles. The van der Waals surface area contributed by atoms with Crippen molar-refractivity contribution in [2.75, 3.05) is 32.6 Å². The van der Waals surface area contributed by atoms with Gasteiger partial charge in [-0.3, -0.25) is 9.69 Å². The van der Waals surface area contributed by atoms with E-state index in [4.69, 9.17) is 14.2 Å². The van der Waals surface area contributed by atoms with Crippen LogP contribution in [0.4, 0.5) is 5.69 Å². The van der Waals surface area contributed by atoms with Crippen molar-refractivity contribution in [3.05, 3.63) is 125 Å². The molecular formula is C35H35N5O4. The topological polar surface area (TPSA) is 90.7 Å². The smallest absolute Gasteiger partial charge is 0.255 e. The molecule has 6 rings (SSSR count). The number of methoxy groups -OCH3 is 2. The van der Waals surface area contributed by atoms with E-state index in [1.54, 1.807) is 31.0 Å². The maximum atomic E-state index is 12.6. The summed E-state index contributed by atoms with van der Waals surface area (Å²) in [5, 5.41) is 11.5. The molecule has 1 amide bonds. The van der Waals surface area contributed by atoms with Crippen LogP contribution in [0.5, 0.6) is 17.2 Å². The number of amides is 1. The summed E-state index contributed by atoms with van der Waals surface area (Å²) in [4.78, 5) is 15.1. The van der Waals surface area contributed by atoms with Gasteiger partial charge in [0.25, 0.3) is 5.91 Å². The van der Waals surface area contributed by atoms with Gasteiger partial charge < -0.3 is 19.5 Å². The molecule has 9 heteroatoms. The first-order chi connectivity index (χ1) is 21.6. The number of rotatable bonds is 11. The van der Waals surface area contributed by atoms with E-state index in [-0.39, 0.29) is 12.5 Å². The molecule has 0 unspecified atom stereocenters. The normalized spacial score (nSPS) is 12.8. The number of ether oxygens (including phenoxy) is 3. The number of anilines is 1. The monoisotopic (exact) mass is 589 g/mol. The Morgan fingerprint density at radius 2 is 1.59 bits per heavy atom. The lowest BCUT2D eigenvalue weighted by atomic mass is 9.98. The summed E-state index contributed by atoms with van der Waals surface area (Å²) in [6.45, 7) is 3.12. The molecule has 0 spiro atoms. The summed E-state index contributed by atoms with van der Waals surface area (Å²) in [6.07, 6.45) is 3.81. The van der Waals surface area contributed by atoms with Crippen molar-refractivity contribution in [1.29, 1.82) is 0 Å². The van der Waals surface area contributed by atoms with Gasteiger partial charge in [0.1, 0.15) is 18.1 Å². The van der Waals surface area contributed by atoms with Crippen molar-refractivity contribution >= 4 is 11.6 Å². The van der Waals surface area contributed by atoms with E-state index < -0.39 is 0 Å². The highest BCUT2D eigenvalue weighted by Gasteiger charge is 2.19. The molecule has 44 heavy (non-hydrogen) atoms. The van der Waals surface area contributed by atoms with Crippen molar-refractivity contribution in [3.8, 4) is 22.9 Å². The molecule has 2 heterocycles. The molecule has 0 saturated carbocycles. The number of carbonyl (C=O) groups excluding carboxylic acids is 1. The van der Waals surface area contributed by atoms with Gasteiger partial charge in [0, 0.05) is 25.2 Å². The molecule has 0 fully saturated rings. The van der Waals surface area contributed by atoms with Crippen LogP contribution in [0.1, 0.15) is 32.7 Å². The second-order valence-corrected chi connectivity index (χ2v) is 10.7. The Balaban J connectivity index is 1.02. The van der Waals surface area contributed by atoms with Crippen molar-refractivity contribution in [3.63, 3.8) is 0 Å². The van der Waals surface area contributed by atoms with Crippen molar-refractivity contribution in [2.24, 2.45) is 0 Å². The highest BCUT2D eigenvalue weighted by molar-refractivity contribution is 6.04. The molecular weight excluding hydrogens is 554 g/mol. The lowest BCUT2D eigenvalue weighted by Gasteiger charge is -2.29. The molecule has 224 valence electrons. The highest BCUT2D eigenvalue weighted by atomic mass is 16.5. The van der Waals surface area contributed by atoms with Crippen LogP contribution in [0, 0.1) is 0 Å². The summed E-state index contributed by atoms with van der Waals surface area (Å²) < 4.78 is 18.7. The van der Waals surface area contributed by atoms with Crippen LogP contribution in [0.15, 0.2) is 97.2 Å². The minimum Gasteiger partial charge on any atom is -0.493 e. The van der Waals surface area contributed by atoms with Crippen LogP contribution in [-0.2, 0) is 26.0 Å². The van der Waals surface area contributed by atoms with Crippen molar-refractivity contribution in [2.45, 2.75) is 26.0 Å². The zero-order chi connectivity index (χ0) is 30.3. The van der Waals surface area contributed by atoms with E-state index in [1.807, 2.05) is 48.7 Å². The molecule has 0 saturated heterocycles. The fourth-order valence-corrected chi connectivity index (χ4v) is 5.36. The summed E-state index contributed by atoms with van der Waals surface area (Å²) in [5.41, 5.74) is 6.68. The Labute approximate surface area is 257 Å². The fraction of sp³-hybridized carbons (Fsp3) is 0.229. The zero-order valence-electron chi connectivity index (χ0n) is 24.9. The van der Waals surface area contributed by atoms with Gasteiger partial charge in [-0.05, 0) is 78.1 Å². The van der Waals surface area contributed by atoms with Crippen molar-refractivity contribution < 1.29 is 19.0 Å². The van der Waals surface area contributed by atoms with Crippen LogP contribution in [0.25, 0.3) is 5.69 Å². The first-order valence-corrected chi connectivity index (χ1v) is 14.6. The Hall–Kier alpha value is -5.15. The number of nitrogens with zero attached hydrogens (tertiary/aromatic N) is 4. The van der Waals surface area contributed by atoms with E-state index in [0.717, 1.165) is 49.7 Å². The Kier molecular flexibility index (Phi) is 8.84. The van der Waals surface area contributed by atoms with Crippen LogP contribution < -0.4 is 19.5 Å². The average Bonchev–Trinajstić information content (AvgIpc) is 3.56. The Morgan fingerprint density at radius 1 is 0.864 bits per heavy atom. The van der Waals surface area contributed by atoms with Crippen LogP contribution in [0.3, 0.4) is 0 Å². The number of aromatic nitrogens is 3. The fourth-order valence-electron chi connectivity index (χ4n) is 5.36. The number of hydrogen-bond acceptors (Lipinski definition) is 7. The Bertz CT molecular complexity index is 1720. The number of hydrogen-bond donors (Lipinski definition) is 1. The first kappa shape index (κ1) is 28.9. The quantitative estimate of drug-likeness (QED) is 0.211. The molecule has 0 bridgehead atoms. The number of nitrogens with one attached hydrogen (secondary N) is 1. The summed E-state index contributed by atoms with van der Waals surface area (Å²) in [6, 6.07) is 29.1. The number of benzene rings is 4. The number of para-hydroxylation sites is 2. The van der Waals surface area contributed by atoms with Crippen LogP contribution >= 0.6 is 0 Å². The highest BCUT2D eigenvalue weighted by Crippen LogP contribution is 2.33. The minimum absolute atomic E-state index is 0.195. The Morgan fingerprint density at radius 3 is 2.36 bits per heavy atom. The molecule has 5 aromatic rings. The van der Waals surface area contributed by atoms with E-state index in [1.165, 1.54) is 16.7 Å². The van der Waals surface area contributed by atoms with Gasteiger partial charge in [0.2, 0.25) is 0 Å². The van der Waals surface area contributed by atoms with E-state index in [2.05, 4.69) is 56.9 Å². The van der Waals surface area contributed by atoms with Gasteiger partial charge in [0.15, 0.2) is 11.5 Å². The zero-order valence-corrected chi connectivity index (χ0v) is 24.9. The maximum Gasteiger partial charge on any atom is 0.255 e. The second-order valence-electron chi connectivity index (χ2n) is 10.7. The molecule has 1 aliphatic rings. The predicted molar refractivity (Wildman–Crippen MR) is 169 cm³/mol. The molecule has 1 aliphatic heterocycles. The predicted octanol–water partition coefficient (Wildman–Crippen LogP) is 5.72. The number of carbonyl (C=O) groups is 1. The minimum atomic E-state index is -0.195. The van der Waals surface area contributed by atoms with Crippen molar-refractivity contribution in [1.82, 2.24) is 19.9 Å². The third-order valence-electron chi connectivity index (χ3n) is 7.80. The average molecular weight is 590 g/mol. The lowest BCUT2D eigenvalue weighted by Crippen LogP contribution is -2.32. The molecule has 0 radical (unpaired) electrons. The lowest BCUT2D eigenvalue weighted by molar-refractivity contribution is 0.102. The largest absolute Gasteiger partial charge is 0.493 e. The van der Waals surface area contributed by atoms with Gasteiger partial charge in [-0.1, -0.05) is 47.7 Å². The van der Waals surface area contributed by atoms with Gasteiger partial charge in [-0.2, -0.15) is 0 Å². The molecule has 4 aromatic carbocycles. The summed E-state index contributed by atoms with van der Waals surface area (Å²) in [5.74, 6) is 1.94. The van der Waals surface area contributed by atoms with Crippen LogP contribution in [0.2, 0.25) is 0 Å². The maximum absolute atomic E-state index is 12.6. The molecule has 9 nitrogen and oxygen atoms in total. The summed E-state index contributed by atoms with van der Waals surface area (Å²) in [7, 11) is 3.36. The van der Waals surface area contributed by atoms with Gasteiger partial charge in [-0.15, -0.1) is 5.10 Å². The molecule has 1 N–H and O–H groups in total. The van der Waals surface area contributed by atoms with E-state index >= 15 is 0 Å². The van der Waals surface area contributed by atoms with Gasteiger partial charge >= 0.3 is 0 Å². The third kappa shape index (κ3) is 6.74. The second kappa shape index (κ2) is 13.4. The number of fused-ring (bicyclic) bond motifs is 1. The van der Waals surface area contributed by atoms with Crippen LogP contribution in [-0.4, -0.2) is 53.1 Å². The molecule has 0 aliphatic carbocycles. The van der Waals surface area contributed by atoms with Gasteiger partial charge in [0.05, 0.1) is 31.8 Å². The van der Waals surface area contributed by atoms with E-state index in [0.29, 0.717) is 22.7 Å². The third-order valence-corrected chi connectivity index (χ3v) is 7.80. The van der Waals surface area contributed by atoms with E-state index in [9.17, 15) is 4.79 Å². The summed E-state index contributed by atoms with van der Waals surface area (Å²) >= 11 is 0. The van der Waals surface area contributed by atoms with Gasteiger partial charge in [-0.25, -0.2) is 4.68 Å². The molecule has 0 atom stereocenters. The standard InChI is InChI=1S/C35H35N5O4/c1-42-33-20-27-17-19-39(22-28(27)21-34(33)43-2)18-16-25-12-14-30(15-13-25)40-23-29(37-38-40)24-44-32-11-7-6-10-31(32)36-35(41)26-8-4-3-5-9-26/h3-15,20-21,23H,16-19,22,24H2,1-2H3,(H,36,41). The first-order valence-electron chi connectivity index (χ1n) is 14.6. The SMILES string of the molecule is COc1cc2c(cc1OC)CN(CCc1ccc(-n3cc(COc4ccccc4NC(=O)c4ccccc4)nn3)cc1)CC2.